The Balaban J connectivity index is 1.98. The summed E-state index contributed by atoms with van der Waals surface area (Å²) in [5, 5.41) is 14.8. The molecule has 0 bridgehead atoms. The molecular formula is C13H22N2O2. The number of hydrogen-bond acceptors (Lipinski definition) is 3. The molecule has 0 aliphatic heterocycles. The van der Waals surface area contributed by atoms with Gasteiger partial charge in [-0.2, -0.15) is 5.10 Å². The molecule has 1 aliphatic carbocycles. The minimum absolute atomic E-state index is 0.00974. The number of ether oxygens (including phenoxy) is 1. The van der Waals surface area contributed by atoms with Crippen LogP contribution in [0, 0.1) is 0 Å². The summed E-state index contributed by atoms with van der Waals surface area (Å²) in [7, 11) is 3.64. The fourth-order valence-corrected chi connectivity index (χ4v) is 2.80. The molecular weight excluding hydrogens is 216 g/mol. The van der Waals surface area contributed by atoms with Crippen molar-refractivity contribution in [1.82, 2.24) is 9.78 Å². The van der Waals surface area contributed by atoms with Crippen molar-refractivity contribution in [3.63, 3.8) is 0 Å². The van der Waals surface area contributed by atoms with Crippen LogP contribution >= 0.6 is 0 Å². The molecule has 4 nitrogen and oxygen atoms in total. The minimum Gasteiger partial charge on any atom is -0.387 e. The van der Waals surface area contributed by atoms with Gasteiger partial charge in [0.25, 0.3) is 0 Å². The molecule has 17 heavy (non-hydrogen) atoms. The molecule has 0 aromatic carbocycles. The lowest BCUT2D eigenvalue weighted by molar-refractivity contribution is -0.120. The Morgan fingerprint density at radius 2 is 2.41 bits per heavy atom. The topological polar surface area (TPSA) is 47.3 Å². The maximum Gasteiger partial charge on any atom is 0.0911 e. The second-order valence-electron chi connectivity index (χ2n) is 5.02. The molecule has 1 heterocycles. The van der Waals surface area contributed by atoms with Crippen LogP contribution in [0.15, 0.2) is 12.3 Å². The van der Waals surface area contributed by atoms with Crippen molar-refractivity contribution >= 4 is 0 Å². The number of aliphatic hydroxyl groups is 1. The van der Waals surface area contributed by atoms with Crippen LogP contribution in [0.3, 0.4) is 0 Å². The highest BCUT2D eigenvalue weighted by Gasteiger charge is 2.38. The lowest BCUT2D eigenvalue weighted by Gasteiger charge is -2.39. The zero-order valence-electron chi connectivity index (χ0n) is 10.7. The molecule has 2 atom stereocenters. The van der Waals surface area contributed by atoms with Gasteiger partial charge in [0, 0.05) is 26.0 Å². The molecule has 4 heteroatoms. The lowest BCUT2D eigenvalue weighted by atomic mass is 9.79. The number of nitrogens with zero attached hydrogens (tertiary/aromatic N) is 2. The molecule has 0 amide bonds. The summed E-state index contributed by atoms with van der Waals surface area (Å²) in [6, 6.07) is 2.01. The van der Waals surface area contributed by atoms with Crippen molar-refractivity contribution in [2.24, 2.45) is 7.05 Å². The predicted molar refractivity (Wildman–Crippen MR) is 65.7 cm³/mol. The Morgan fingerprint density at radius 3 is 3.06 bits per heavy atom. The molecule has 1 saturated carbocycles. The highest BCUT2D eigenvalue weighted by molar-refractivity contribution is 5.03. The molecule has 1 aromatic rings. The first-order valence-corrected chi connectivity index (χ1v) is 6.38. The largest absolute Gasteiger partial charge is 0.387 e. The van der Waals surface area contributed by atoms with E-state index in [0.29, 0.717) is 0 Å². The second-order valence-corrected chi connectivity index (χ2v) is 5.02. The van der Waals surface area contributed by atoms with Gasteiger partial charge >= 0.3 is 0 Å². The molecule has 1 N–H and O–H groups in total. The van der Waals surface area contributed by atoms with E-state index in [0.717, 1.165) is 38.5 Å². The lowest BCUT2D eigenvalue weighted by Crippen LogP contribution is -2.46. The van der Waals surface area contributed by atoms with Gasteiger partial charge in [-0.25, -0.2) is 0 Å². The van der Waals surface area contributed by atoms with Gasteiger partial charge in [-0.1, -0.05) is 12.8 Å². The summed E-state index contributed by atoms with van der Waals surface area (Å²) in [5.41, 5.74) is 0.510. The molecule has 1 fully saturated rings. The smallest absolute Gasteiger partial charge is 0.0911 e. The van der Waals surface area contributed by atoms with Crippen LogP contribution in [0.2, 0.25) is 0 Å². The van der Waals surface area contributed by atoms with Crippen LogP contribution in [0.25, 0.3) is 0 Å². The highest BCUT2D eigenvalue weighted by Crippen LogP contribution is 2.34. The number of rotatable bonds is 4. The molecule has 0 spiro atoms. The molecule has 0 saturated heterocycles. The summed E-state index contributed by atoms with van der Waals surface area (Å²) in [6.45, 7) is 0. The number of methoxy groups -OCH3 is 1. The normalized spacial score (nSPS) is 29.5. The van der Waals surface area contributed by atoms with E-state index in [1.807, 2.05) is 17.8 Å². The van der Waals surface area contributed by atoms with Crippen LogP contribution in [0.1, 0.15) is 37.8 Å². The molecule has 2 rings (SSSR count). The van der Waals surface area contributed by atoms with Crippen molar-refractivity contribution in [3.05, 3.63) is 18.0 Å². The van der Waals surface area contributed by atoms with Crippen molar-refractivity contribution in [1.29, 1.82) is 0 Å². The van der Waals surface area contributed by atoms with Crippen molar-refractivity contribution in [2.45, 2.75) is 50.2 Å². The fourth-order valence-electron chi connectivity index (χ4n) is 2.80. The summed E-state index contributed by atoms with van der Waals surface area (Å²) in [5.74, 6) is 0. The standard InChI is InChI=1S/C13H22N2O2/c1-15-11(7-10-14-15)6-9-13(16)8-4-3-5-12(13)17-2/h7,10,12,16H,3-6,8-9H2,1-2H3. The quantitative estimate of drug-likeness (QED) is 0.868. The van der Waals surface area contributed by atoms with Crippen LogP contribution in [-0.4, -0.2) is 33.7 Å². The average Bonchev–Trinajstić information content (AvgIpc) is 2.73. The third kappa shape index (κ3) is 2.69. The van der Waals surface area contributed by atoms with Crippen molar-refractivity contribution in [2.75, 3.05) is 7.11 Å². The number of hydrogen-bond donors (Lipinski definition) is 1. The Hall–Kier alpha value is -0.870. The van der Waals surface area contributed by atoms with Crippen LogP contribution in [0.4, 0.5) is 0 Å². The van der Waals surface area contributed by atoms with Gasteiger partial charge in [0.15, 0.2) is 0 Å². The van der Waals surface area contributed by atoms with Gasteiger partial charge in [-0.15, -0.1) is 0 Å². The zero-order chi connectivity index (χ0) is 12.3. The molecule has 1 aliphatic rings. The summed E-state index contributed by atoms with van der Waals surface area (Å²) >= 11 is 0. The van der Waals surface area contributed by atoms with Gasteiger partial charge in [0.2, 0.25) is 0 Å². The Bertz CT molecular complexity index is 364. The first-order valence-electron chi connectivity index (χ1n) is 6.38. The van der Waals surface area contributed by atoms with Crippen molar-refractivity contribution < 1.29 is 9.84 Å². The number of aryl methyl sites for hydroxylation is 2. The SMILES string of the molecule is COC1CCCCC1(O)CCc1ccnn1C. The average molecular weight is 238 g/mol. The highest BCUT2D eigenvalue weighted by atomic mass is 16.5. The Labute approximate surface area is 103 Å². The number of aromatic nitrogens is 2. The van der Waals surface area contributed by atoms with E-state index in [9.17, 15) is 5.11 Å². The van der Waals surface area contributed by atoms with Crippen molar-refractivity contribution in [3.8, 4) is 0 Å². The zero-order valence-corrected chi connectivity index (χ0v) is 10.7. The first-order chi connectivity index (χ1) is 8.15. The van der Waals surface area contributed by atoms with E-state index in [4.69, 9.17) is 4.74 Å². The summed E-state index contributed by atoms with van der Waals surface area (Å²) in [4.78, 5) is 0. The van der Waals surface area contributed by atoms with Gasteiger partial charge in [-0.3, -0.25) is 4.68 Å². The molecule has 1 aromatic heterocycles. The monoisotopic (exact) mass is 238 g/mol. The fraction of sp³-hybridized carbons (Fsp3) is 0.769. The Morgan fingerprint density at radius 1 is 1.59 bits per heavy atom. The maximum absolute atomic E-state index is 10.7. The molecule has 0 radical (unpaired) electrons. The van der Waals surface area contributed by atoms with E-state index in [1.54, 1.807) is 13.3 Å². The minimum atomic E-state index is -0.655. The third-order valence-corrected chi connectivity index (χ3v) is 3.95. The third-order valence-electron chi connectivity index (χ3n) is 3.95. The predicted octanol–water partition coefficient (Wildman–Crippen LogP) is 1.67. The van der Waals surface area contributed by atoms with E-state index in [-0.39, 0.29) is 6.10 Å². The molecule has 2 unspecified atom stereocenters. The maximum atomic E-state index is 10.7. The van der Waals surface area contributed by atoms with Crippen LogP contribution < -0.4 is 0 Å². The van der Waals surface area contributed by atoms with Gasteiger partial charge < -0.3 is 9.84 Å². The molecule has 96 valence electrons. The van der Waals surface area contributed by atoms with Crippen LogP contribution in [0.5, 0.6) is 0 Å². The summed E-state index contributed by atoms with van der Waals surface area (Å²) < 4.78 is 7.30. The second kappa shape index (κ2) is 5.19. The van der Waals surface area contributed by atoms with Gasteiger partial charge in [-0.05, 0) is 31.7 Å². The van der Waals surface area contributed by atoms with E-state index in [2.05, 4.69) is 5.10 Å². The van der Waals surface area contributed by atoms with E-state index < -0.39 is 5.60 Å². The van der Waals surface area contributed by atoms with E-state index >= 15 is 0 Å². The first kappa shape index (κ1) is 12.6. The van der Waals surface area contributed by atoms with Gasteiger partial charge in [0.05, 0.1) is 11.7 Å². The van der Waals surface area contributed by atoms with Gasteiger partial charge in [0.1, 0.15) is 0 Å². The van der Waals surface area contributed by atoms with Crippen LogP contribution in [-0.2, 0) is 18.2 Å². The Kier molecular flexibility index (Phi) is 3.84. The summed E-state index contributed by atoms with van der Waals surface area (Å²) in [6.07, 6.45) is 7.48. The van der Waals surface area contributed by atoms with E-state index in [1.165, 1.54) is 5.69 Å².